The molecular weight excluding hydrogens is 360 g/mol. The summed E-state index contributed by atoms with van der Waals surface area (Å²) in [6.07, 6.45) is -4.13. The summed E-state index contributed by atoms with van der Waals surface area (Å²) in [7, 11) is 0. The van der Waals surface area contributed by atoms with Gasteiger partial charge in [-0.3, -0.25) is 9.89 Å². The van der Waals surface area contributed by atoms with E-state index in [1.807, 2.05) is 30.3 Å². The van der Waals surface area contributed by atoms with Gasteiger partial charge in [0.05, 0.1) is 13.2 Å². The summed E-state index contributed by atoms with van der Waals surface area (Å²) >= 11 is 1.14. The number of hydrogen-bond donors (Lipinski definition) is 3. The summed E-state index contributed by atoms with van der Waals surface area (Å²) < 4.78 is 11.4. The molecule has 2 aliphatic rings. The van der Waals surface area contributed by atoms with Crippen molar-refractivity contribution in [3.63, 3.8) is 0 Å². The summed E-state index contributed by atoms with van der Waals surface area (Å²) in [6.45, 7) is 2.42. The number of amidine groups is 1. The second-order valence-electron chi connectivity index (χ2n) is 6.07. The lowest BCUT2D eigenvalue weighted by Gasteiger charge is -2.38. The molecule has 3 rings (SSSR count). The molecule has 2 heterocycles. The van der Waals surface area contributed by atoms with Gasteiger partial charge >= 0.3 is 6.09 Å². The van der Waals surface area contributed by atoms with E-state index in [4.69, 9.17) is 9.47 Å². The summed E-state index contributed by atoms with van der Waals surface area (Å²) in [6, 6.07) is 8.90. The number of aliphatic hydroxyl groups excluding tert-OH is 2. The second kappa shape index (κ2) is 8.36. The topological polar surface area (TPSA) is 112 Å². The van der Waals surface area contributed by atoms with Crippen molar-refractivity contribution in [3.05, 3.63) is 35.9 Å². The van der Waals surface area contributed by atoms with Gasteiger partial charge in [0, 0.05) is 6.54 Å². The van der Waals surface area contributed by atoms with Crippen molar-refractivity contribution in [2.75, 3.05) is 13.2 Å². The third-order valence-corrected chi connectivity index (χ3v) is 5.48. The van der Waals surface area contributed by atoms with Crippen LogP contribution in [0.2, 0.25) is 0 Å². The van der Waals surface area contributed by atoms with Crippen LogP contribution in [-0.4, -0.2) is 74.4 Å². The van der Waals surface area contributed by atoms with Gasteiger partial charge in [0.15, 0.2) is 5.17 Å². The SMILES string of the molecule is CCN(C(=O)O)C1=N[C@@H]2[C@@H](O)[C@H](O)[C@@H](COCc3ccccc3)O[C@@H]2S1. The van der Waals surface area contributed by atoms with E-state index in [0.717, 1.165) is 22.2 Å². The average molecular weight is 382 g/mol. The Balaban J connectivity index is 1.59. The highest BCUT2D eigenvalue weighted by atomic mass is 32.2. The zero-order valence-electron chi connectivity index (χ0n) is 14.3. The first-order valence-corrected chi connectivity index (χ1v) is 9.27. The molecule has 2 aliphatic heterocycles. The fraction of sp³-hybridized carbons (Fsp3) is 0.529. The van der Waals surface area contributed by atoms with E-state index in [9.17, 15) is 20.1 Å². The molecule has 0 unspecified atom stereocenters. The zero-order valence-corrected chi connectivity index (χ0v) is 15.1. The van der Waals surface area contributed by atoms with E-state index in [-0.39, 0.29) is 18.3 Å². The lowest BCUT2D eigenvalue weighted by Crippen LogP contribution is -2.56. The largest absolute Gasteiger partial charge is 0.465 e. The Morgan fingerprint density at radius 2 is 2.04 bits per heavy atom. The van der Waals surface area contributed by atoms with Gasteiger partial charge in [-0.1, -0.05) is 42.1 Å². The Bertz CT molecular complexity index is 658. The second-order valence-corrected chi connectivity index (χ2v) is 7.14. The highest BCUT2D eigenvalue weighted by Crippen LogP contribution is 2.37. The predicted octanol–water partition coefficient (Wildman–Crippen LogP) is 1.12. The Morgan fingerprint density at radius 3 is 2.69 bits per heavy atom. The van der Waals surface area contributed by atoms with Crippen LogP contribution in [0, 0.1) is 0 Å². The lowest BCUT2D eigenvalue weighted by atomic mass is 9.99. The normalized spacial score (nSPS) is 30.6. The smallest absolute Gasteiger partial charge is 0.413 e. The highest BCUT2D eigenvalue weighted by molar-refractivity contribution is 8.14. The van der Waals surface area contributed by atoms with Crippen molar-refractivity contribution in [1.82, 2.24) is 4.90 Å². The fourth-order valence-electron chi connectivity index (χ4n) is 2.90. The van der Waals surface area contributed by atoms with Crippen molar-refractivity contribution in [2.24, 2.45) is 4.99 Å². The van der Waals surface area contributed by atoms with Gasteiger partial charge in [0.25, 0.3) is 0 Å². The van der Waals surface area contributed by atoms with Crippen molar-refractivity contribution < 1.29 is 29.6 Å². The molecule has 0 aliphatic carbocycles. The molecule has 0 spiro atoms. The van der Waals surface area contributed by atoms with E-state index >= 15 is 0 Å². The minimum atomic E-state index is -1.16. The predicted molar refractivity (Wildman–Crippen MR) is 96.0 cm³/mol. The third-order valence-electron chi connectivity index (χ3n) is 4.32. The van der Waals surface area contributed by atoms with E-state index in [2.05, 4.69) is 4.99 Å². The van der Waals surface area contributed by atoms with Crippen LogP contribution in [0.3, 0.4) is 0 Å². The molecule has 3 N–H and O–H groups in total. The van der Waals surface area contributed by atoms with Crippen LogP contribution in [-0.2, 0) is 16.1 Å². The van der Waals surface area contributed by atoms with E-state index in [1.54, 1.807) is 6.92 Å². The maximum absolute atomic E-state index is 11.3. The molecule has 0 radical (unpaired) electrons. The van der Waals surface area contributed by atoms with Gasteiger partial charge < -0.3 is 24.8 Å². The van der Waals surface area contributed by atoms with E-state index in [0.29, 0.717) is 6.61 Å². The first-order chi connectivity index (χ1) is 12.5. The lowest BCUT2D eigenvalue weighted by molar-refractivity contribution is -0.171. The van der Waals surface area contributed by atoms with Gasteiger partial charge in [0.1, 0.15) is 29.8 Å². The number of carboxylic acid groups (broad SMARTS) is 1. The van der Waals surface area contributed by atoms with Crippen molar-refractivity contribution in [3.8, 4) is 0 Å². The Hall–Kier alpha value is -1.65. The van der Waals surface area contributed by atoms with Crippen LogP contribution >= 0.6 is 11.8 Å². The molecule has 1 aromatic rings. The summed E-state index contributed by atoms with van der Waals surface area (Å²) in [5.41, 5.74) is 0.444. The molecule has 5 atom stereocenters. The monoisotopic (exact) mass is 382 g/mol. The minimum Gasteiger partial charge on any atom is -0.465 e. The number of aliphatic hydroxyl groups is 2. The number of carbonyl (C=O) groups is 1. The van der Waals surface area contributed by atoms with Gasteiger partial charge in [-0.05, 0) is 12.5 Å². The number of fused-ring (bicyclic) bond motifs is 1. The number of ether oxygens (including phenoxy) is 2. The van der Waals surface area contributed by atoms with E-state index in [1.165, 1.54) is 0 Å². The van der Waals surface area contributed by atoms with Crippen molar-refractivity contribution in [1.29, 1.82) is 0 Å². The van der Waals surface area contributed by atoms with Crippen LogP contribution in [0.4, 0.5) is 4.79 Å². The van der Waals surface area contributed by atoms with Gasteiger partial charge in [-0.2, -0.15) is 0 Å². The van der Waals surface area contributed by atoms with E-state index < -0.39 is 35.9 Å². The summed E-state index contributed by atoms with van der Waals surface area (Å²) in [4.78, 5) is 16.6. The van der Waals surface area contributed by atoms with Crippen LogP contribution in [0.25, 0.3) is 0 Å². The zero-order chi connectivity index (χ0) is 18.7. The third kappa shape index (κ3) is 4.02. The fourth-order valence-corrected chi connectivity index (χ4v) is 4.19. The molecular formula is C17H22N2O6S. The number of thioether (sulfide) groups is 1. The number of nitrogens with zero attached hydrogens (tertiary/aromatic N) is 2. The highest BCUT2D eigenvalue weighted by Gasteiger charge is 2.49. The number of rotatable bonds is 5. The van der Waals surface area contributed by atoms with Gasteiger partial charge in [0.2, 0.25) is 0 Å². The molecule has 1 aromatic carbocycles. The minimum absolute atomic E-state index is 0.114. The standard InChI is InChI=1S/C17H22N2O6S/c1-2-19(17(22)23)16-18-12-14(21)13(20)11(25-15(12)26-16)9-24-8-10-6-4-3-5-7-10/h3-7,11-15,20-21H,2,8-9H2,1H3,(H,22,23)/t11-,12-,13-,14-,15-/m1/s1. The molecule has 142 valence electrons. The molecule has 1 fully saturated rings. The van der Waals surface area contributed by atoms with Crippen LogP contribution in [0.5, 0.6) is 0 Å². The quantitative estimate of drug-likeness (QED) is 0.700. The summed E-state index contributed by atoms with van der Waals surface area (Å²) in [5.74, 6) is 0. The van der Waals surface area contributed by atoms with Crippen molar-refractivity contribution in [2.45, 2.75) is 43.3 Å². The number of hydrogen-bond acceptors (Lipinski definition) is 7. The maximum atomic E-state index is 11.3. The number of aliphatic imine (C=N–C) groups is 1. The molecule has 0 aromatic heterocycles. The van der Waals surface area contributed by atoms with Crippen LogP contribution in [0.1, 0.15) is 12.5 Å². The average Bonchev–Trinajstić information content (AvgIpc) is 3.04. The molecule has 0 bridgehead atoms. The Morgan fingerprint density at radius 1 is 1.31 bits per heavy atom. The molecule has 26 heavy (non-hydrogen) atoms. The van der Waals surface area contributed by atoms with Crippen LogP contribution in [0.15, 0.2) is 35.3 Å². The first-order valence-electron chi connectivity index (χ1n) is 8.39. The number of amides is 1. The Kier molecular flexibility index (Phi) is 6.15. The molecule has 8 nitrogen and oxygen atoms in total. The number of benzene rings is 1. The first kappa shape index (κ1) is 19.1. The van der Waals surface area contributed by atoms with Crippen molar-refractivity contribution >= 4 is 23.0 Å². The molecule has 1 saturated heterocycles. The molecule has 9 heteroatoms. The maximum Gasteiger partial charge on any atom is 0.413 e. The Labute approximate surface area is 155 Å². The summed E-state index contributed by atoms with van der Waals surface area (Å²) in [5, 5.41) is 30.2. The van der Waals surface area contributed by atoms with Crippen LogP contribution < -0.4 is 0 Å². The molecule has 0 saturated carbocycles. The van der Waals surface area contributed by atoms with Gasteiger partial charge in [-0.15, -0.1) is 0 Å². The van der Waals surface area contributed by atoms with Gasteiger partial charge in [-0.25, -0.2) is 4.79 Å². The molecule has 1 amide bonds.